The molecule has 1 heterocycles. The molecule has 2 rings (SSSR count). The Balaban J connectivity index is 2.08. The van der Waals surface area contributed by atoms with Gasteiger partial charge in [-0.15, -0.1) is 0 Å². The molecule has 2 aliphatic rings. The predicted molar refractivity (Wildman–Crippen MR) is 38.6 cm³/mol. The summed E-state index contributed by atoms with van der Waals surface area (Å²) in [6.45, 7) is 1.56. The minimum absolute atomic E-state index is 0.300. The average Bonchev–Trinajstić information content (AvgIpc) is 1.77. The Morgan fingerprint density at radius 2 is 1.90 bits per heavy atom. The first-order valence-electron chi connectivity index (χ1n) is 3.88. The molecule has 2 fully saturated rings. The summed E-state index contributed by atoms with van der Waals surface area (Å²) in [4.78, 5) is 0. The van der Waals surface area contributed by atoms with Gasteiger partial charge in [-0.3, -0.25) is 0 Å². The third-order valence-electron chi connectivity index (χ3n) is 2.99. The third kappa shape index (κ3) is 0.603. The van der Waals surface area contributed by atoms with E-state index >= 15 is 0 Å². The SMILES string of the molecule is NC1(C2(O)CCC2)CNC1. The van der Waals surface area contributed by atoms with E-state index in [1.807, 2.05) is 0 Å². The molecule has 0 spiro atoms. The molecular formula is C7H14N2O. The zero-order valence-electron chi connectivity index (χ0n) is 6.06. The molecule has 0 aromatic carbocycles. The van der Waals surface area contributed by atoms with Gasteiger partial charge in [0.2, 0.25) is 0 Å². The van der Waals surface area contributed by atoms with Crippen LogP contribution in [-0.4, -0.2) is 29.3 Å². The van der Waals surface area contributed by atoms with Gasteiger partial charge in [0.15, 0.2) is 0 Å². The molecule has 0 radical (unpaired) electrons. The van der Waals surface area contributed by atoms with E-state index in [9.17, 15) is 5.11 Å². The van der Waals surface area contributed by atoms with Crippen LogP contribution in [0.25, 0.3) is 0 Å². The fraction of sp³-hybridized carbons (Fsp3) is 1.00. The van der Waals surface area contributed by atoms with E-state index in [-0.39, 0.29) is 5.54 Å². The minimum atomic E-state index is -0.530. The first-order valence-corrected chi connectivity index (χ1v) is 3.88. The molecule has 10 heavy (non-hydrogen) atoms. The van der Waals surface area contributed by atoms with Crippen LogP contribution in [0.3, 0.4) is 0 Å². The summed E-state index contributed by atoms with van der Waals surface area (Å²) in [5, 5.41) is 12.9. The van der Waals surface area contributed by atoms with Gasteiger partial charge in [0.05, 0.1) is 11.1 Å². The second kappa shape index (κ2) is 1.72. The maximum Gasteiger partial charge on any atom is 0.0851 e. The highest BCUT2D eigenvalue weighted by atomic mass is 16.3. The zero-order valence-corrected chi connectivity index (χ0v) is 6.06. The maximum absolute atomic E-state index is 9.82. The van der Waals surface area contributed by atoms with Crippen LogP contribution in [0.4, 0.5) is 0 Å². The van der Waals surface area contributed by atoms with Gasteiger partial charge in [-0.2, -0.15) is 0 Å². The Bertz CT molecular complexity index is 132. The number of aliphatic hydroxyl groups is 1. The quantitative estimate of drug-likeness (QED) is 0.449. The summed E-state index contributed by atoms with van der Waals surface area (Å²) in [6, 6.07) is 0. The van der Waals surface area contributed by atoms with Crippen LogP contribution < -0.4 is 11.1 Å². The first-order chi connectivity index (χ1) is 4.66. The summed E-state index contributed by atoms with van der Waals surface area (Å²) in [5.74, 6) is 0. The summed E-state index contributed by atoms with van der Waals surface area (Å²) in [6.07, 6.45) is 2.92. The molecule has 58 valence electrons. The van der Waals surface area contributed by atoms with Crippen molar-refractivity contribution < 1.29 is 5.11 Å². The van der Waals surface area contributed by atoms with E-state index in [0.29, 0.717) is 0 Å². The number of hydrogen-bond donors (Lipinski definition) is 3. The summed E-state index contributed by atoms with van der Waals surface area (Å²) < 4.78 is 0. The standard InChI is InChI=1S/C7H14N2O/c8-6(4-9-5-6)7(10)2-1-3-7/h9-10H,1-5,8H2. The Morgan fingerprint density at radius 1 is 1.30 bits per heavy atom. The lowest BCUT2D eigenvalue weighted by Gasteiger charge is -2.55. The molecule has 3 nitrogen and oxygen atoms in total. The largest absolute Gasteiger partial charge is 0.388 e. The topological polar surface area (TPSA) is 58.3 Å². The molecule has 0 aromatic heterocycles. The number of hydrogen-bond acceptors (Lipinski definition) is 3. The van der Waals surface area contributed by atoms with Crippen molar-refractivity contribution in [2.45, 2.75) is 30.4 Å². The molecular weight excluding hydrogens is 128 g/mol. The van der Waals surface area contributed by atoms with Gasteiger partial charge >= 0.3 is 0 Å². The molecule has 0 atom stereocenters. The minimum Gasteiger partial charge on any atom is -0.388 e. The van der Waals surface area contributed by atoms with Gasteiger partial charge in [-0.1, -0.05) is 0 Å². The van der Waals surface area contributed by atoms with Crippen molar-refractivity contribution in [1.82, 2.24) is 5.32 Å². The Hall–Kier alpha value is -0.120. The van der Waals surface area contributed by atoms with E-state index in [1.54, 1.807) is 0 Å². The fourth-order valence-electron chi connectivity index (χ4n) is 1.73. The smallest absolute Gasteiger partial charge is 0.0851 e. The summed E-state index contributed by atoms with van der Waals surface area (Å²) in [7, 11) is 0. The Kier molecular flexibility index (Phi) is 1.14. The second-order valence-electron chi connectivity index (χ2n) is 3.64. The number of rotatable bonds is 1. The highest BCUT2D eigenvalue weighted by Crippen LogP contribution is 2.41. The number of nitrogens with one attached hydrogen (secondary N) is 1. The van der Waals surface area contributed by atoms with Crippen LogP contribution >= 0.6 is 0 Å². The van der Waals surface area contributed by atoms with Gasteiger partial charge in [0.1, 0.15) is 0 Å². The van der Waals surface area contributed by atoms with E-state index < -0.39 is 5.60 Å². The highest BCUT2D eigenvalue weighted by molar-refractivity contribution is 5.15. The molecule has 1 aliphatic heterocycles. The van der Waals surface area contributed by atoms with Crippen molar-refractivity contribution in [2.75, 3.05) is 13.1 Å². The van der Waals surface area contributed by atoms with Gasteiger partial charge < -0.3 is 16.2 Å². The monoisotopic (exact) mass is 142 g/mol. The van der Waals surface area contributed by atoms with Crippen molar-refractivity contribution in [3.05, 3.63) is 0 Å². The predicted octanol–water partition coefficient (Wildman–Crippen LogP) is -0.798. The van der Waals surface area contributed by atoms with Crippen molar-refractivity contribution >= 4 is 0 Å². The number of nitrogens with two attached hydrogens (primary N) is 1. The van der Waals surface area contributed by atoms with E-state index in [1.165, 1.54) is 0 Å². The molecule has 0 aromatic rings. The van der Waals surface area contributed by atoms with E-state index in [0.717, 1.165) is 32.4 Å². The molecule has 4 N–H and O–H groups in total. The molecule has 1 saturated heterocycles. The third-order valence-corrected chi connectivity index (χ3v) is 2.99. The van der Waals surface area contributed by atoms with Crippen LogP contribution in [0.1, 0.15) is 19.3 Å². The van der Waals surface area contributed by atoms with Crippen molar-refractivity contribution in [3.63, 3.8) is 0 Å². The lowest BCUT2D eigenvalue weighted by molar-refractivity contribution is -0.114. The Labute approximate surface area is 60.6 Å². The van der Waals surface area contributed by atoms with Crippen molar-refractivity contribution in [1.29, 1.82) is 0 Å². The van der Waals surface area contributed by atoms with Crippen LogP contribution in [0.5, 0.6) is 0 Å². The van der Waals surface area contributed by atoms with E-state index in [2.05, 4.69) is 5.32 Å². The van der Waals surface area contributed by atoms with Crippen LogP contribution in [0.2, 0.25) is 0 Å². The van der Waals surface area contributed by atoms with Gasteiger partial charge in [-0.25, -0.2) is 0 Å². The molecule has 0 bridgehead atoms. The van der Waals surface area contributed by atoms with Crippen LogP contribution in [0.15, 0.2) is 0 Å². The summed E-state index contributed by atoms with van der Waals surface area (Å²) in [5.41, 5.74) is 5.10. The lowest BCUT2D eigenvalue weighted by Crippen LogP contribution is -2.78. The average molecular weight is 142 g/mol. The normalized spacial score (nSPS) is 34.2. The van der Waals surface area contributed by atoms with E-state index in [4.69, 9.17) is 5.73 Å². The van der Waals surface area contributed by atoms with Crippen LogP contribution in [-0.2, 0) is 0 Å². The zero-order chi connectivity index (χ0) is 7.24. The second-order valence-corrected chi connectivity index (χ2v) is 3.64. The van der Waals surface area contributed by atoms with Crippen molar-refractivity contribution in [3.8, 4) is 0 Å². The fourth-order valence-corrected chi connectivity index (χ4v) is 1.73. The molecule has 1 saturated carbocycles. The van der Waals surface area contributed by atoms with Crippen LogP contribution in [0, 0.1) is 0 Å². The molecule has 0 unspecified atom stereocenters. The molecule has 0 amide bonds. The van der Waals surface area contributed by atoms with Gasteiger partial charge in [0.25, 0.3) is 0 Å². The highest BCUT2D eigenvalue weighted by Gasteiger charge is 2.54. The summed E-state index contributed by atoms with van der Waals surface area (Å²) >= 11 is 0. The lowest BCUT2D eigenvalue weighted by atomic mass is 9.64. The van der Waals surface area contributed by atoms with Gasteiger partial charge in [-0.05, 0) is 19.3 Å². The molecule has 1 aliphatic carbocycles. The van der Waals surface area contributed by atoms with Crippen molar-refractivity contribution in [2.24, 2.45) is 5.73 Å². The Morgan fingerprint density at radius 3 is 2.00 bits per heavy atom. The molecule has 3 heteroatoms. The maximum atomic E-state index is 9.82. The van der Waals surface area contributed by atoms with Gasteiger partial charge in [0, 0.05) is 13.1 Å². The first kappa shape index (κ1) is 6.58.